The van der Waals surface area contributed by atoms with Gasteiger partial charge in [0, 0.05) is 13.1 Å². The van der Waals surface area contributed by atoms with Gasteiger partial charge in [0.15, 0.2) is 6.61 Å². The molecule has 0 aromatic heterocycles. The van der Waals surface area contributed by atoms with E-state index in [0.29, 0.717) is 37.8 Å². The average Bonchev–Trinajstić information content (AvgIpc) is 2.79. The lowest BCUT2D eigenvalue weighted by Gasteiger charge is -2.26. The van der Waals surface area contributed by atoms with Crippen LogP contribution in [-0.2, 0) is 26.0 Å². The molecule has 2 aromatic carbocycles. The predicted octanol–water partition coefficient (Wildman–Crippen LogP) is 3.07. The van der Waals surface area contributed by atoms with Gasteiger partial charge >= 0.3 is 0 Å². The summed E-state index contributed by atoms with van der Waals surface area (Å²) in [6.45, 7) is 6.85. The summed E-state index contributed by atoms with van der Waals surface area (Å²) in [5.41, 5.74) is 1.46. The van der Waals surface area contributed by atoms with Gasteiger partial charge < -0.3 is 19.5 Å². The molecule has 8 nitrogen and oxygen atoms in total. The molecule has 0 saturated carbocycles. The third kappa shape index (κ3) is 6.21. The molecule has 0 aliphatic carbocycles. The van der Waals surface area contributed by atoms with Crippen LogP contribution in [0.15, 0.2) is 47.4 Å². The number of aryl methyl sites for hydroxylation is 1. The van der Waals surface area contributed by atoms with E-state index in [1.54, 1.807) is 6.07 Å². The van der Waals surface area contributed by atoms with Crippen molar-refractivity contribution >= 4 is 21.6 Å². The predicted molar refractivity (Wildman–Crippen MR) is 122 cm³/mol. The van der Waals surface area contributed by atoms with Crippen LogP contribution in [0.25, 0.3) is 0 Å². The minimum absolute atomic E-state index is 0.0851. The van der Waals surface area contributed by atoms with Gasteiger partial charge in [-0.3, -0.25) is 4.79 Å². The molecular formula is C23H30N2O6S. The van der Waals surface area contributed by atoms with Gasteiger partial charge in [-0.15, -0.1) is 0 Å². The summed E-state index contributed by atoms with van der Waals surface area (Å²) in [6.07, 6.45) is 0.768. The van der Waals surface area contributed by atoms with Crippen molar-refractivity contribution < 1.29 is 27.4 Å². The highest BCUT2D eigenvalue weighted by atomic mass is 32.2. The first-order valence-corrected chi connectivity index (χ1v) is 12.1. The van der Waals surface area contributed by atoms with Crippen molar-refractivity contribution in [3.63, 3.8) is 0 Å². The van der Waals surface area contributed by atoms with Crippen LogP contribution < -0.4 is 14.8 Å². The van der Waals surface area contributed by atoms with E-state index in [9.17, 15) is 13.2 Å². The first-order chi connectivity index (χ1) is 15.3. The fourth-order valence-corrected chi connectivity index (χ4v) is 4.65. The summed E-state index contributed by atoms with van der Waals surface area (Å²) in [5, 5.41) is 2.73. The lowest BCUT2D eigenvalue weighted by atomic mass is 10.2. The molecule has 3 rings (SSSR count). The molecule has 1 aliphatic rings. The first kappa shape index (κ1) is 24.0. The highest BCUT2D eigenvalue weighted by molar-refractivity contribution is 7.89. The number of morpholine rings is 1. The molecule has 2 aromatic rings. The molecule has 1 N–H and O–H groups in total. The summed E-state index contributed by atoms with van der Waals surface area (Å²) in [4.78, 5) is 12.6. The minimum atomic E-state index is -3.71. The Kier molecular flexibility index (Phi) is 8.11. The van der Waals surface area contributed by atoms with E-state index in [1.807, 2.05) is 38.1 Å². The Hall–Kier alpha value is -2.62. The van der Waals surface area contributed by atoms with Gasteiger partial charge in [-0.05, 0) is 56.2 Å². The number of carbonyl (C=O) groups excluding carboxylic acids is 1. The van der Waals surface area contributed by atoms with Crippen LogP contribution in [0.1, 0.15) is 26.3 Å². The molecule has 1 saturated heterocycles. The number of sulfonamides is 1. The SMILES string of the molecule is CCc1ccc(OCC(=O)Nc2cc(S(=O)(=O)N3CCOCC3)ccc2OC(C)C)cc1. The highest BCUT2D eigenvalue weighted by Gasteiger charge is 2.27. The van der Waals surface area contributed by atoms with Crippen molar-refractivity contribution in [3.05, 3.63) is 48.0 Å². The second-order valence-electron chi connectivity index (χ2n) is 7.68. The quantitative estimate of drug-likeness (QED) is 0.616. The molecule has 1 heterocycles. The number of benzene rings is 2. The fourth-order valence-electron chi connectivity index (χ4n) is 3.22. The third-order valence-electron chi connectivity index (χ3n) is 4.90. The molecule has 0 spiro atoms. The monoisotopic (exact) mass is 462 g/mol. The van der Waals surface area contributed by atoms with Crippen molar-refractivity contribution in [2.24, 2.45) is 0 Å². The smallest absolute Gasteiger partial charge is 0.262 e. The largest absolute Gasteiger partial charge is 0.489 e. The standard InChI is InChI=1S/C23H30N2O6S/c1-4-18-5-7-19(8-6-18)30-16-23(26)24-21-15-20(9-10-22(21)31-17(2)3)32(27,28)25-11-13-29-14-12-25/h5-10,15,17H,4,11-14,16H2,1-3H3,(H,24,26). The molecule has 32 heavy (non-hydrogen) atoms. The second kappa shape index (κ2) is 10.8. The van der Waals surface area contributed by atoms with Crippen molar-refractivity contribution in [1.82, 2.24) is 4.31 Å². The summed E-state index contributed by atoms with van der Waals surface area (Å²) >= 11 is 0. The maximum Gasteiger partial charge on any atom is 0.262 e. The highest BCUT2D eigenvalue weighted by Crippen LogP contribution is 2.30. The maximum atomic E-state index is 13.0. The maximum absolute atomic E-state index is 13.0. The van der Waals surface area contributed by atoms with E-state index in [1.165, 1.54) is 22.0 Å². The number of hydrogen-bond donors (Lipinski definition) is 1. The molecule has 1 aliphatic heterocycles. The number of rotatable bonds is 9. The van der Waals surface area contributed by atoms with E-state index in [2.05, 4.69) is 12.2 Å². The molecule has 0 bridgehead atoms. The summed E-state index contributed by atoms with van der Waals surface area (Å²) < 4.78 is 44.0. The number of nitrogens with one attached hydrogen (secondary N) is 1. The summed E-state index contributed by atoms with van der Waals surface area (Å²) in [7, 11) is -3.71. The van der Waals surface area contributed by atoms with E-state index in [-0.39, 0.29) is 23.3 Å². The van der Waals surface area contributed by atoms with E-state index < -0.39 is 15.9 Å². The number of anilines is 1. The van der Waals surface area contributed by atoms with E-state index in [4.69, 9.17) is 14.2 Å². The molecule has 0 radical (unpaired) electrons. The van der Waals surface area contributed by atoms with Crippen molar-refractivity contribution in [3.8, 4) is 11.5 Å². The van der Waals surface area contributed by atoms with Crippen molar-refractivity contribution in [1.29, 1.82) is 0 Å². The zero-order chi connectivity index (χ0) is 23.1. The topological polar surface area (TPSA) is 94.2 Å². The second-order valence-corrected chi connectivity index (χ2v) is 9.61. The van der Waals surface area contributed by atoms with Gasteiger partial charge in [-0.25, -0.2) is 8.42 Å². The Labute approximate surface area is 189 Å². The average molecular weight is 463 g/mol. The number of hydrogen-bond acceptors (Lipinski definition) is 6. The third-order valence-corrected chi connectivity index (χ3v) is 6.79. The Morgan fingerprint density at radius 2 is 1.81 bits per heavy atom. The van der Waals surface area contributed by atoms with Gasteiger partial charge in [0.1, 0.15) is 11.5 Å². The molecule has 1 fully saturated rings. The summed E-state index contributed by atoms with van der Waals surface area (Å²) in [6, 6.07) is 12.0. The Balaban J connectivity index is 1.76. The summed E-state index contributed by atoms with van der Waals surface area (Å²) in [5.74, 6) is 0.556. The van der Waals surface area contributed by atoms with Crippen LogP contribution >= 0.6 is 0 Å². The number of ether oxygens (including phenoxy) is 3. The fraction of sp³-hybridized carbons (Fsp3) is 0.435. The number of carbonyl (C=O) groups is 1. The van der Waals surface area contributed by atoms with Gasteiger partial charge in [0.05, 0.1) is 29.9 Å². The zero-order valence-electron chi connectivity index (χ0n) is 18.7. The molecule has 174 valence electrons. The molecule has 0 atom stereocenters. The molecular weight excluding hydrogens is 432 g/mol. The molecule has 0 unspecified atom stereocenters. The lowest BCUT2D eigenvalue weighted by Crippen LogP contribution is -2.40. The van der Waals surface area contributed by atoms with Crippen LogP contribution in [0.2, 0.25) is 0 Å². The van der Waals surface area contributed by atoms with Crippen LogP contribution in [0.5, 0.6) is 11.5 Å². The van der Waals surface area contributed by atoms with Crippen molar-refractivity contribution in [2.75, 3.05) is 38.2 Å². The van der Waals surface area contributed by atoms with Crippen LogP contribution in [0, 0.1) is 0 Å². The Morgan fingerprint density at radius 1 is 1.12 bits per heavy atom. The van der Waals surface area contributed by atoms with Crippen LogP contribution in [0.4, 0.5) is 5.69 Å². The van der Waals surface area contributed by atoms with Crippen molar-refractivity contribution in [2.45, 2.75) is 38.2 Å². The number of amides is 1. The minimum Gasteiger partial charge on any atom is -0.489 e. The van der Waals surface area contributed by atoms with Crippen LogP contribution in [0.3, 0.4) is 0 Å². The van der Waals surface area contributed by atoms with Gasteiger partial charge in [0.2, 0.25) is 10.0 Å². The molecule has 1 amide bonds. The normalized spacial score (nSPS) is 14.9. The Morgan fingerprint density at radius 3 is 2.44 bits per heavy atom. The number of nitrogens with zero attached hydrogens (tertiary/aromatic N) is 1. The lowest BCUT2D eigenvalue weighted by molar-refractivity contribution is -0.118. The Bertz CT molecular complexity index is 1020. The van der Waals surface area contributed by atoms with E-state index in [0.717, 1.165) is 6.42 Å². The van der Waals surface area contributed by atoms with Crippen LogP contribution in [-0.4, -0.2) is 57.6 Å². The zero-order valence-corrected chi connectivity index (χ0v) is 19.5. The van der Waals surface area contributed by atoms with Gasteiger partial charge in [-0.2, -0.15) is 4.31 Å². The van der Waals surface area contributed by atoms with Gasteiger partial charge in [-0.1, -0.05) is 19.1 Å². The van der Waals surface area contributed by atoms with E-state index >= 15 is 0 Å². The first-order valence-electron chi connectivity index (χ1n) is 10.7. The van der Waals surface area contributed by atoms with Gasteiger partial charge in [0.25, 0.3) is 5.91 Å². The molecule has 9 heteroatoms.